The van der Waals surface area contributed by atoms with Gasteiger partial charge in [-0.3, -0.25) is 0 Å². The zero-order chi connectivity index (χ0) is 12.4. The van der Waals surface area contributed by atoms with Crippen molar-refractivity contribution in [1.29, 1.82) is 0 Å². The number of aliphatic hydroxyl groups is 1. The summed E-state index contributed by atoms with van der Waals surface area (Å²) >= 11 is 6.16. The highest BCUT2D eigenvalue weighted by atomic mass is 35.5. The van der Waals surface area contributed by atoms with E-state index >= 15 is 0 Å². The number of rotatable bonds is 5. The quantitative estimate of drug-likeness (QED) is 0.862. The molecule has 0 heterocycles. The van der Waals surface area contributed by atoms with Crippen LogP contribution in [-0.2, 0) is 0 Å². The Balaban J connectivity index is 2.11. The maximum atomic E-state index is 10.1. The van der Waals surface area contributed by atoms with E-state index in [9.17, 15) is 5.11 Å². The molecule has 0 radical (unpaired) electrons. The molecule has 1 aliphatic rings. The smallest absolute Gasteiger partial charge is 0.138 e. The van der Waals surface area contributed by atoms with Crippen LogP contribution in [-0.4, -0.2) is 11.2 Å². The predicted molar refractivity (Wildman–Crippen MR) is 69.5 cm³/mol. The summed E-state index contributed by atoms with van der Waals surface area (Å²) < 4.78 is 5.66. The second kappa shape index (κ2) is 5.28. The highest BCUT2D eigenvalue weighted by Gasteiger charge is 2.25. The van der Waals surface area contributed by atoms with E-state index in [0.29, 0.717) is 11.1 Å². The number of ether oxygens (including phenoxy) is 1. The minimum atomic E-state index is -0.451. The third-order valence-corrected chi connectivity index (χ3v) is 3.59. The van der Waals surface area contributed by atoms with Crippen LogP contribution in [0.25, 0.3) is 0 Å². The molecule has 0 aliphatic heterocycles. The second-order valence-corrected chi connectivity index (χ2v) is 5.24. The van der Waals surface area contributed by atoms with Gasteiger partial charge in [-0.05, 0) is 36.5 Å². The fraction of sp³-hybridized carbons (Fsp3) is 0.571. The van der Waals surface area contributed by atoms with E-state index in [1.54, 1.807) is 0 Å². The minimum Gasteiger partial charge on any atom is -0.489 e. The van der Waals surface area contributed by atoms with Gasteiger partial charge in [-0.15, -0.1) is 0 Å². The topological polar surface area (TPSA) is 29.5 Å². The van der Waals surface area contributed by atoms with Gasteiger partial charge in [-0.2, -0.15) is 0 Å². The van der Waals surface area contributed by atoms with Crippen LogP contribution in [0.2, 0.25) is 5.02 Å². The van der Waals surface area contributed by atoms with E-state index in [1.807, 2.05) is 25.1 Å². The minimum absolute atomic E-state index is 0.237. The molecule has 1 aromatic carbocycles. The van der Waals surface area contributed by atoms with Crippen molar-refractivity contribution in [3.05, 3.63) is 28.8 Å². The Labute approximate surface area is 108 Å². The molecule has 0 spiro atoms. The van der Waals surface area contributed by atoms with Crippen LogP contribution < -0.4 is 4.74 Å². The standard InChI is InChI=1S/C14H19ClO2/c1-3-9(2)14(16)10-4-7-13(12(15)8-10)17-11-5-6-11/h4,7-9,11,14,16H,3,5-6H2,1-2H3/t9-,14+/m1/s1. The number of benzene rings is 1. The lowest BCUT2D eigenvalue weighted by Gasteiger charge is -2.18. The Morgan fingerprint density at radius 3 is 2.71 bits per heavy atom. The number of aliphatic hydroxyl groups excluding tert-OH is 1. The summed E-state index contributed by atoms with van der Waals surface area (Å²) in [6.45, 7) is 4.10. The lowest BCUT2D eigenvalue weighted by Crippen LogP contribution is -2.08. The van der Waals surface area contributed by atoms with Crippen molar-refractivity contribution in [3.8, 4) is 5.75 Å². The molecule has 0 aromatic heterocycles. The molecule has 0 amide bonds. The molecule has 1 N–H and O–H groups in total. The van der Waals surface area contributed by atoms with E-state index in [1.165, 1.54) is 0 Å². The summed E-state index contributed by atoms with van der Waals surface area (Å²) in [5, 5.41) is 10.7. The number of halogens is 1. The largest absolute Gasteiger partial charge is 0.489 e. The molecule has 0 unspecified atom stereocenters. The normalized spacial score (nSPS) is 18.8. The zero-order valence-corrected chi connectivity index (χ0v) is 11.1. The lowest BCUT2D eigenvalue weighted by molar-refractivity contribution is 0.115. The van der Waals surface area contributed by atoms with E-state index in [2.05, 4.69) is 6.92 Å². The Hall–Kier alpha value is -0.730. The van der Waals surface area contributed by atoms with Gasteiger partial charge >= 0.3 is 0 Å². The van der Waals surface area contributed by atoms with Gasteiger partial charge in [-0.1, -0.05) is 37.9 Å². The molecule has 1 aliphatic carbocycles. The second-order valence-electron chi connectivity index (χ2n) is 4.84. The molecule has 2 rings (SSSR count). The molecule has 17 heavy (non-hydrogen) atoms. The van der Waals surface area contributed by atoms with Crippen LogP contribution in [0.3, 0.4) is 0 Å². The van der Waals surface area contributed by atoms with Crippen molar-refractivity contribution in [2.24, 2.45) is 5.92 Å². The lowest BCUT2D eigenvalue weighted by atomic mass is 9.95. The monoisotopic (exact) mass is 254 g/mol. The van der Waals surface area contributed by atoms with Gasteiger partial charge in [-0.25, -0.2) is 0 Å². The molecule has 0 saturated heterocycles. The van der Waals surface area contributed by atoms with E-state index < -0.39 is 6.10 Å². The molecule has 3 heteroatoms. The highest BCUT2D eigenvalue weighted by molar-refractivity contribution is 6.32. The first kappa shape index (κ1) is 12.7. The molecular formula is C14H19ClO2. The molecule has 1 saturated carbocycles. The molecule has 94 valence electrons. The predicted octanol–water partition coefficient (Wildman–Crippen LogP) is 3.96. The summed E-state index contributed by atoms with van der Waals surface area (Å²) in [7, 11) is 0. The molecule has 2 nitrogen and oxygen atoms in total. The van der Waals surface area contributed by atoms with E-state index in [-0.39, 0.29) is 5.92 Å². The SMILES string of the molecule is CC[C@@H](C)[C@H](O)c1ccc(OC2CC2)c(Cl)c1. The van der Waals surface area contributed by atoms with Gasteiger partial charge in [0.2, 0.25) is 0 Å². The fourth-order valence-electron chi connectivity index (χ4n) is 1.71. The summed E-state index contributed by atoms with van der Waals surface area (Å²) in [6.07, 6.45) is 3.07. The first-order valence-corrected chi connectivity index (χ1v) is 6.63. The molecular weight excluding hydrogens is 236 g/mol. The Bertz CT molecular complexity index is 388. The van der Waals surface area contributed by atoms with E-state index in [0.717, 1.165) is 30.6 Å². The van der Waals surface area contributed by atoms with Gasteiger partial charge < -0.3 is 9.84 Å². The first-order chi connectivity index (χ1) is 8.11. The van der Waals surface area contributed by atoms with Gasteiger partial charge in [0, 0.05) is 0 Å². The van der Waals surface area contributed by atoms with Crippen LogP contribution in [0.15, 0.2) is 18.2 Å². The maximum Gasteiger partial charge on any atom is 0.138 e. The summed E-state index contributed by atoms with van der Waals surface area (Å²) in [5.41, 5.74) is 0.868. The maximum absolute atomic E-state index is 10.1. The van der Waals surface area contributed by atoms with Crippen molar-refractivity contribution in [1.82, 2.24) is 0 Å². The Kier molecular flexibility index (Phi) is 3.95. The van der Waals surface area contributed by atoms with Crippen molar-refractivity contribution in [2.75, 3.05) is 0 Å². The van der Waals surface area contributed by atoms with Gasteiger partial charge in [0.25, 0.3) is 0 Å². The fourth-order valence-corrected chi connectivity index (χ4v) is 1.95. The van der Waals surface area contributed by atoms with Crippen molar-refractivity contribution in [2.45, 2.75) is 45.3 Å². The molecule has 1 aromatic rings. The molecule has 0 bridgehead atoms. The van der Waals surface area contributed by atoms with Gasteiger partial charge in [0.15, 0.2) is 0 Å². The number of hydrogen-bond donors (Lipinski definition) is 1. The third-order valence-electron chi connectivity index (χ3n) is 3.30. The average molecular weight is 255 g/mol. The van der Waals surface area contributed by atoms with Crippen LogP contribution in [0.1, 0.15) is 44.8 Å². The summed E-state index contributed by atoms with van der Waals surface area (Å²) in [6, 6.07) is 5.58. The van der Waals surface area contributed by atoms with Crippen LogP contribution in [0.5, 0.6) is 5.75 Å². The highest BCUT2D eigenvalue weighted by Crippen LogP contribution is 2.34. The average Bonchev–Trinajstić information content (AvgIpc) is 3.13. The van der Waals surface area contributed by atoms with Crippen LogP contribution in [0, 0.1) is 5.92 Å². The van der Waals surface area contributed by atoms with E-state index in [4.69, 9.17) is 16.3 Å². The van der Waals surface area contributed by atoms with Crippen molar-refractivity contribution >= 4 is 11.6 Å². The van der Waals surface area contributed by atoms with Gasteiger partial charge in [0.05, 0.1) is 17.2 Å². The molecule has 1 fully saturated rings. The van der Waals surface area contributed by atoms with Crippen molar-refractivity contribution in [3.63, 3.8) is 0 Å². The number of hydrogen-bond acceptors (Lipinski definition) is 2. The third kappa shape index (κ3) is 3.14. The van der Waals surface area contributed by atoms with Crippen LogP contribution in [0.4, 0.5) is 0 Å². The Morgan fingerprint density at radius 1 is 1.47 bits per heavy atom. The summed E-state index contributed by atoms with van der Waals surface area (Å²) in [4.78, 5) is 0. The Morgan fingerprint density at radius 2 is 2.18 bits per heavy atom. The zero-order valence-electron chi connectivity index (χ0n) is 10.3. The first-order valence-electron chi connectivity index (χ1n) is 6.26. The van der Waals surface area contributed by atoms with Gasteiger partial charge in [0.1, 0.15) is 5.75 Å². The van der Waals surface area contributed by atoms with Crippen LogP contribution >= 0.6 is 11.6 Å². The summed E-state index contributed by atoms with van der Waals surface area (Å²) in [5.74, 6) is 0.968. The van der Waals surface area contributed by atoms with Crippen molar-refractivity contribution < 1.29 is 9.84 Å². The molecule has 2 atom stereocenters.